The molecule has 0 amide bonds. The Morgan fingerprint density at radius 3 is 1.70 bits per heavy atom. The van der Waals surface area contributed by atoms with E-state index < -0.39 is 5.41 Å². The van der Waals surface area contributed by atoms with E-state index in [0.717, 1.165) is 50.3 Å². The maximum Gasteiger partial charge on any atom is 0.160 e. The molecule has 1 aliphatic carbocycles. The van der Waals surface area contributed by atoms with Crippen LogP contribution in [0.4, 0.5) is 0 Å². The molecule has 0 N–H and O–H groups in total. The minimum absolute atomic E-state index is 0.535. The molecule has 4 heteroatoms. The largest absolute Gasteiger partial charge is 0.309 e. The molecule has 0 unspecified atom stereocenters. The standard InChI is InChI=1S/C60H36N4/c61-37-38-14-10-17-40(32-38)41-18-11-20-44(33-41)55-36-54(39-15-2-1-3-16-39)62-59(63-55)45-21-12-19-42(34-45)43-30-31-57-53(35-43)60(50-26-7-4-22-46(50)47-23-5-8-27-51(47)60)52-28-13-25-49-48-24-6-9-29-56(48)64(57)58(49)52/h1-36H. The van der Waals surface area contributed by atoms with Crippen LogP contribution in [0.3, 0.4) is 0 Å². The van der Waals surface area contributed by atoms with Crippen LogP contribution in [0.2, 0.25) is 0 Å². The van der Waals surface area contributed by atoms with Crippen molar-refractivity contribution in [2.45, 2.75) is 5.41 Å². The van der Waals surface area contributed by atoms with Crippen molar-refractivity contribution < 1.29 is 0 Å². The molecule has 0 saturated carbocycles. The number of hydrogen-bond acceptors (Lipinski definition) is 3. The second-order valence-corrected chi connectivity index (χ2v) is 16.8. The highest BCUT2D eigenvalue weighted by Gasteiger charge is 2.50. The van der Waals surface area contributed by atoms with Gasteiger partial charge in [0.2, 0.25) is 0 Å². The van der Waals surface area contributed by atoms with Crippen LogP contribution in [0.5, 0.6) is 0 Å². The van der Waals surface area contributed by atoms with Crippen LogP contribution in [0.1, 0.15) is 27.8 Å². The van der Waals surface area contributed by atoms with Gasteiger partial charge in [0.15, 0.2) is 5.82 Å². The summed E-state index contributed by atoms with van der Waals surface area (Å²) in [6, 6.07) is 80.3. The molecule has 9 aromatic carbocycles. The molecule has 4 nitrogen and oxygen atoms in total. The summed E-state index contributed by atoms with van der Waals surface area (Å²) in [6.07, 6.45) is 0. The maximum absolute atomic E-state index is 9.60. The van der Waals surface area contributed by atoms with Gasteiger partial charge < -0.3 is 4.57 Å². The van der Waals surface area contributed by atoms with Crippen molar-refractivity contribution in [2.75, 3.05) is 0 Å². The first-order chi connectivity index (χ1) is 31.7. The van der Waals surface area contributed by atoms with Crippen molar-refractivity contribution in [2.24, 2.45) is 0 Å². The lowest BCUT2D eigenvalue weighted by Gasteiger charge is -2.40. The summed E-state index contributed by atoms with van der Waals surface area (Å²) in [5.74, 6) is 0.651. The molecule has 64 heavy (non-hydrogen) atoms. The first-order valence-corrected chi connectivity index (χ1v) is 21.7. The van der Waals surface area contributed by atoms with E-state index in [4.69, 9.17) is 9.97 Å². The van der Waals surface area contributed by atoms with Gasteiger partial charge in [0, 0.05) is 27.5 Å². The summed E-state index contributed by atoms with van der Waals surface area (Å²) < 4.78 is 2.50. The number of hydrogen-bond donors (Lipinski definition) is 0. The average Bonchev–Trinajstić information content (AvgIpc) is 3.87. The van der Waals surface area contributed by atoms with Crippen LogP contribution in [-0.4, -0.2) is 14.5 Å². The molecule has 0 fully saturated rings. The van der Waals surface area contributed by atoms with Gasteiger partial charge in [-0.1, -0.05) is 170 Å². The molecule has 3 heterocycles. The SMILES string of the molecule is N#Cc1cccc(-c2cccc(-c3cc(-c4ccccc4)nc(-c4cccc(-c5ccc6c(c5)C5(c7ccccc7-c7ccccc75)c5cccc7c8ccccc8n-6c57)c4)n3)c2)c1. The van der Waals surface area contributed by atoms with Crippen molar-refractivity contribution in [1.82, 2.24) is 14.5 Å². The molecule has 0 bridgehead atoms. The Hall–Kier alpha value is -8.65. The smallest absolute Gasteiger partial charge is 0.160 e. The van der Waals surface area contributed by atoms with E-state index in [-0.39, 0.29) is 0 Å². The Balaban J connectivity index is 1.01. The predicted octanol–water partition coefficient (Wildman–Crippen LogP) is 14.5. The third-order valence-corrected chi connectivity index (χ3v) is 13.4. The van der Waals surface area contributed by atoms with Crippen molar-refractivity contribution in [1.29, 1.82) is 5.26 Å². The van der Waals surface area contributed by atoms with Gasteiger partial charge in [0.05, 0.1) is 45.2 Å². The number of aromatic nitrogens is 3. The number of nitriles is 1. The van der Waals surface area contributed by atoms with Crippen LogP contribution < -0.4 is 0 Å². The molecule has 2 aromatic heterocycles. The highest BCUT2D eigenvalue weighted by Crippen LogP contribution is 2.61. The van der Waals surface area contributed by atoms with Gasteiger partial charge in [0.1, 0.15) is 0 Å². The van der Waals surface area contributed by atoms with E-state index >= 15 is 0 Å². The number of para-hydroxylation sites is 2. The first kappa shape index (κ1) is 36.0. The molecule has 0 radical (unpaired) electrons. The summed E-state index contributed by atoms with van der Waals surface area (Å²) in [5, 5.41) is 12.1. The lowest BCUT2D eigenvalue weighted by molar-refractivity contribution is 0.749. The van der Waals surface area contributed by atoms with Gasteiger partial charge in [-0.3, -0.25) is 0 Å². The van der Waals surface area contributed by atoms with E-state index in [0.29, 0.717) is 11.4 Å². The zero-order valence-electron chi connectivity index (χ0n) is 34.6. The molecule has 2 aliphatic rings. The molecule has 0 saturated heterocycles. The fourth-order valence-electron chi connectivity index (χ4n) is 10.7. The fraction of sp³-hybridized carbons (Fsp3) is 0.0167. The Bertz CT molecular complexity index is 3710. The van der Waals surface area contributed by atoms with E-state index in [2.05, 4.69) is 187 Å². The van der Waals surface area contributed by atoms with Crippen molar-refractivity contribution in [3.05, 3.63) is 246 Å². The first-order valence-electron chi connectivity index (χ1n) is 21.7. The summed E-state index contributed by atoms with van der Waals surface area (Å²) in [5.41, 5.74) is 20.3. The summed E-state index contributed by atoms with van der Waals surface area (Å²) in [6.45, 7) is 0. The third kappa shape index (κ3) is 5.22. The van der Waals surface area contributed by atoms with Crippen LogP contribution in [0.25, 0.3) is 94.8 Å². The van der Waals surface area contributed by atoms with Crippen LogP contribution >= 0.6 is 0 Å². The maximum atomic E-state index is 9.60. The fourth-order valence-corrected chi connectivity index (χ4v) is 10.7. The monoisotopic (exact) mass is 812 g/mol. The molecule has 296 valence electrons. The quantitative estimate of drug-likeness (QED) is 0.174. The molecule has 1 spiro atoms. The second-order valence-electron chi connectivity index (χ2n) is 16.8. The van der Waals surface area contributed by atoms with Crippen LogP contribution in [0.15, 0.2) is 218 Å². The van der Waals surface area contributed by atoms with Gasteiger partial charge in [-0.2, -0.15) is 5.26 Å². The van der Waals surface area contributed by atoms with Gasteiger partial charge in [-0.05, 0) is 104 Å². The highest BCUT2D eigenvalue weighted by molar-refractivity contribution is 6.13. The molecule has 1 aliphatic heterocycles. The molecule has 11 aromatic rings. The summed E-state index contributed by atoms with van der Waals surface area (Å²) in [4.78, 5) is 10.5. The number of benzene rings is 9. The topological polar surface area (TPSA) is 54.5 Å². The third-order valence-electron chi connectivity index (χ3n) is 13.4. The molecular weight excluding hydrogens is 777 g/mol. The predicted molar refractivity (Wildman–Crippen MR) is 259 cm³/mol. The van der Waals surface area contributed by atoms with Gasteiger partial charge in [0.25, 0.3) is 0 Å². The lowest BCUT2D eigenvalue weighted by Crippen LogP contribution is -2.33. The molecule has 0 atom stereocenters. The van der Waals surface area contributed by atoms with Crippen LogP contribution in [-0.2, 0) is 5.41 Å². The number of nitrogens with zero attached hydrogens (tertiary/aromatic N) is 4. The average molecular weight is 813 g/mol. The van der Waals surface area contributed by atoms with E-state index in [1.165, 1.54) is 60.9 Å². The van der Waals surface area contributed by atoms with E-state index in [1.807, 2.05) is 42.5 Å². The second kappa shape index (κ2) is 13.9. The lowest BCUT2D eigenvalue weighted by atomic mass is 9.65. The van der Waals surface area contributed by atoms with Crippen molar-refractivity contribution >= 4 is 21.8 Å². The normalized spacial score (nSPS) is 12.8. The van der Waals surface area contributed by atoms with Gasteiger partial charge in [-0.15, -0.1) is 0 Å². The Morgan fingerprint density at radius 2 is 0.938 bits per heavy atom. The molecule has 13 rings (SSSR count). The Labute approximate surface area is 370 Å². The summed E-state index contributed by atoms with van der Waals surface area (Å²) >= 11 is 0. The Kier molecular flexibility index (Phi) is 7.85. The molecular formula is C60H36N4. The van der Waals surface area contributed by atoms with Gasteiger partial charge >= 0.3 is 0 Å². The highest BCUT2D eigenvalue weighted by atomic mass is 15.0. The minimum Gasteiger partial charge on any atom is -0.309 e. The van der Waals surface area contributed by atoms with E-state index in [9.17, 15) is 5.26 Å². The van der Waals surface area contributed by atoms with Crippen molar-refractivity contribution in [3.63, 3.8) is 0 Å². The van der Waals surface area contributed by atoms with Gasteiger partial charge in [-0.25, -0.2) is 9.97 Å². The van der Waals surface area contributed by atoms with Crippen molar-refractivity contribution in [3.8, 4) is 79.0 Å². The number of fused-ring (bicyclic) bond motifs is 12. The zero-order chi connectivity index (χ0) is 42.4. The van der Waals surface area contributed by atoms with Crippen LogP contribution in [0, 0.1) is 11.3 Å². The zero-order valence-corrected chi connectivity index (χ0v) is 34.6. The number of rotatable bonds is 5. The Morgan fingerprint density at radius 1 is 0.391 bits per heavy atom. The minimum atomic E-state index is -0.535. The van der Waals surface area contributed by atoms with E-state index in [1.54, 1.807) is 0 Å². The summed E-state index contributed by atoms with van der Waals surface area (Å²) in [7, 11) is 0.